The van der Waals surface area contributed by atoms with Gasteiger partial charge in [0.15, 0.2) is 5.82 Å². The van der Waals surface area contributed by atoms with Gasteiger partial charge in [-0.1, -0.05) is 22.8 Å². The molecule has 6 heteroatoms. The largest absolute Gasteiger partial charge is 0.340 e. The molecular formula is C12H13ClFN3O. The van der Waals surface area contributed by atoms with Gasteiger partial charge in [0, 0.05) is 18.0 Å². The van der Waals surface area contributed by atoms with Crippen molar-refractivity contribution >= 4 is 11.6 Å². The van der Waals surface area contributed by atoms with Crippen molar-refractivity contribution in [1.82, 2.24) is 15.5 Å². The highest BCUT2D eigenvalue weighted by atomic mass is 35.5. The summed E-state index contributed by atoms with van der Waals surface area (Å²) in [5.74, 6) is 0.765. The first kappa shape index (κ1) is 13.0. The van der Waals surface area contributed by atoms with Crippen LogP contribution in [-0.4, -0.2) is 10.1 Å². The third kappa shape index (κ3) is 3.05. The Hall–Kier alpha value is -1.46. The van der Waals surface area contributed by atoms with Crippen LogP contribution < -0.4 is 5.32 Å². The van der Waals surface area contributed by atoms with E-state index in [0.717, 1.165) is 5.56 Å². The molecule has 0 aliphatic heterocycles. The van der Waals surface area contributed by atoms with Gasteiger partial charge in [0.1, 0.15) is 5.82 Å². The Labute approximate surface area is 109 Å². The molecule has 1 aromatic heterocycles. The van der Waals surface area contributed by atoms with Gasteiger partial charge in [0.25, 0.3) is 0 Å². The number of hydrogen-bond acceptors (Lipinski definition) is 4. The third-order valence-electron chi connectivity index (χ3n) is 2.56. The lowest BCUT2D eigenvalue weighted by Gasteiger charge is -2.14. The summed E-state index contributed by atoms with van der Waals surface area (Å²) in [7, 11) is 0. The molecule has 0 amide bonds. The van der Waals surface area contributed by atoms with Gasteiger partial charge >= 0.3 is 0 Å². The molecule has 0 radical (unpaired) electrons. The maximum Gasteiger partial charge on any atom is 0.223 e. The molecule has 0 bridgehead atoms. The van der Waals surface area contributed by atoms with Crippen LogP contribution in [0.15, 0.2) is 22.7 Å². The summed E-state index contributed by atoms with van der Waals surface area (Å²) in [6.07, 6.45) is 0. The molecule has 1 atom stereocenters. The van der Waals surface area contributed by atoms with Crippen LogP contribution in [0.1, 0.15) is 30.2 Å². The molecule has 18 heavy (non-hydrogen) atoms. The van der Waals surface area contributed by atoms with Crippen molar-refractivity contribution in [2.75, 3.05) is 0 Å². The lowest BCUT2D eigenvalue weighted by atomic mass is 10.1. The quantitative estimate of drug-likeness (QED) is 0.927. The Balaban J connectivity index is 2.01. The molecule has 2 rings (SSSR count). The molecule has 1 N–H and O–H groups in total. The van der Waals surface area contributed by atoms with Crippen LogP contribution >= 0.6 is 11.6 Å². The van der Waals surface area contributed by atoms with Crippen LogP contribution in [0.5, 0.6) is 0 Å². The summed E-state index contributed by atoms with van der Waals surface area (Å²) in [5.41, 5.74) is 0.832. The summed E-state index contributed by atoms with van der Waals surface area (Å²) < 4.78 is 17.8. The second kappa shape index (κ2) is 5.46. The SMILES string of the molecule is Cc1nc(CNC(C)c2ccc(F)cc2Cl)no1. The number of rotatable bonds is 4. The molecule has 1 aromatic carbocycles. The Morgan fingerprint density at radius 2 is 2.28 bits per heavy atom. The van der Waals surface area contributed by atoms with E-state index in [1.807, 2.05) is 6.92 Å². The number of aryl methyl sites for hydroxylation is 1. The van der Waals surface area contributed by atoms with Gasteiger partial charge in [-0.15, -0.1) is 0 Å². The zero-order valence-electron chi connectivity index (χ0n) is 10.1. The fraction of sp³-hybridized carbons (Fsp3) is 0.333. The molecular weight excluding hydrogens is 257 g/mol. The van der Waals surface area contributed by atoms with Crippen LogP contribution in [-0.2, 0) is 6.54 Å². The minimum Gasteiger partial charge on any atom is -0.340 e. The van der Waals surface area contributed by atoms with Crippen LogP contribution in [0.2, 0.25) is 5.02 Å². The van der Waals surface area contributed by atoms with E-state index >= 15 is 0 Å². The molecule has 0 aliphatic rings. The van der Waals surface area contributed by atoms with Gasteiger partial charge in [0.05, 0.1) is 6.54 Å². The van der Waals surface area contributed by atoms with Gasteiger partial charge < -0.3 is 9.84 Å². The molecule has 2 aromatic rings. The van der Waals surface area contributed by atoms with E-state index in [9.17, 15) is 4.39 Å². The summed E-state index contributed by atoms with van der Waals surface area (Å²) in [6.45, 7) is 4.13. The average molecular weight is 270 g/mol. The number of nitrogens with one attached hydrogen (secondary N) is 1. The average Bonchev–Trinajstić information content (AvgIpc) is 2.72. The summed E-state index contributed by atoms with van der Waals surface area (Å²) in [6, 6.07) is 4.32. The molecule has 0 saturated heterocycles. The lowest BCUT2D eigenvalue weighted by Crippen LogP contribution is -2.19. The molecule has 1 unspecified atom stereocenters. The summed E-state index contributed by atoms with van der Waals surface area (Å²) in [4.78, 5) is 4.08. The predicted molar refractivity (Wildman–Crippen MR) is 65.7 cm³/mol. The molecule has 0 spiro atoms. The summed E-state index contributed by atoms with van der Waals surface area (Å²) >= 11 is 5.98. The maximum atomic E-state index is 12.9. The van der Waals surface area contributed by atoms with E-state index < -0.39 is 0 Å². The van der Waals surface area contributed by atoms with Gasteiger partial charge in [-0.05, 0) is 24.6 Å². The molecule has 1 heterocycles. The monoisotopic (exact) mass is 269 g/mol. The standard InChI is InChI=1S/C12H13ClFN3O/c1-7(10-4-3-9(14)5-11(10)13)15-6-12-16-8(2)18-17-12/h3-5,7,15H,6H2,1-2H3. The molecule has 4 nitrogen and oxygen atoms in total. The molecule has 0 fully saturated rings. The second-order valence-corrected chi connectivity index (χ2v) is 4.41. The van der Waals surface area contributed by atoms with E-state index in [1.54, 1.807) is 13.0 Å². The van der Waals surface area contributed by atoms with E-state index in [4.69, 9.17) is 16.1 Å². The van der Waals surface area contributed by atoms with Crippen LogP contribution in [0.3, 0.4) is 0 Å². The predicted octanol–water partition coefficient (Wildman–Crippen LogP) is 3.02. The first-order valence-electron chi connectivity index (χ1n) is 5.54. The second-order valence-electron chi connectivity index (χ2n) is 4.00. The number of nitrogens with zero attached hydrogens (tertiary/aromatic N) is 2. The maximum absolute atomic E-state index is 12.9. The van der Waals surface area contributed by atoms with E-state index in [1.165, 1.54) is 12.1 Å². The normalized spacial score (nSPS) is 12.7. The fourth-order valence-corrected chi connectivity index (χ4v) is 1.95. The minimum atomic E-state index is -0.343. The fourth-order valence-electron chi connectivity index (χ4n) is 1.62. The lowest BCUT2D eigenvalue weighted by molar-refractivity contribution is 0.384. The molecule has 96 valence electrons. The Morgan fingerprint density at radius 3 is 2.89 bits per heavy atom. The Kier molecular flexibility index (Phi) is 3.93. The van der Waals surface area contributed by atoms with Gasteiger partial charge in [0.2, 0.25) is 5.89 Å². The third-order valence-corrected chi connectivity index (χ3v) is 2.89. The van der Waals surface area contributed by atoms with Crippen molar-refractivity contribution in [1.29, 1.82) is 0 Å². The van der Waals surface area contributed by atoms with Gasteiger partial charge in [-0.25, -0.2) is 4.39 Å². The van der Waals surface area contributed by atoms with E-state index in [-0.39, 0.29) is 11.9 Å². The molecule has 0 aliphatic carbocycles. The van der Waals surface area contributed by atoms with Crippen molar-refractivity contribution in [2.24, 2.45) is 0 Å². The number of benzene rings is 1. The zero-order chi connectivity index (χ0) is 13.1. The smallest absolute Gasteiger partial charge is 0.223 e. The summed E-state index contributed by atoms with van der Waals surface area (Å²) in [5, 5.41) is 7.38. The highest BCUT2D eigenvalue weighted by molar-refractivity contribution is 6.31. The van der Waals surface area contributed by atoms with Crippen molar-refractivity contribution in [3.8, 4) is 0 Å². The van der Waals surface area contributed by atoms with Crippen LogP contribution in [0, 0.1) is 12.7 Å². The first-order valence-corrected chi connectivity index (χ1v) is 5.91. The number of aromatic nitrogens is 2. The first-order chi connectivity index (χ1) is 8.56. The zero-order valence-corrected chi connectivity index (χ0v) is 10.8. The van der Waals surface area contributed by atoms with Gasteiger partial charge in [-0.2, -0.15) is 4.98 Å². The van der Waals surface area contributed by atoms with Crippen LogP contribution in [0.25, 0.3) is 0 Å². The van der Waals surface area contributed by atoms with Crippen molar-refractivity contribution in [3.63, 3.8) is 0 Å². The Bertz CT molecular complexity index is 544. The van der Waals surface area contributed by atoms with Crippen molar-refractivity contribution in [2.45, 2.75) is 26.4 Å². The number of halogens is 2. The molecule has 0 saturated carbocycles. The topological polar surface area (TPSA) is 51.0 Å². The highest BCUT2D eigenvalue weighted by Crippen LogP contribution is 2.23. The van der Waals surface area contributed by atoms with E-state index in [2.05, 4.69) is 15.5 Å². The van der Waals surface area contributed by atoms with Crippen molar-refractivity contribution in [3.05, 3.63) is 46.3 Å². The highest BCUT2D eigenvalue weighted by Gasteiger charge is 2.11. The Morgan fingerprint density at radius 1 is 1.50 bits per heavy atom. The van der Waals surface area contributed by atoms with Crippen LogP contribution in [0.4, 0.5) is 4.39 Å². The van der Waals surface area contributed by atoms with E-state index in [0.29, 0.717) is 23.3 Å². The van der Waals surface area contributed by atoms with Gasteiger partial charge in [-0.3, -0.25) is 0 Å². The minimum absolute atomic E-state index is 0.0306. The van der Waals surface area contributed by atoms with Crippen molar-refractivity contribution < 1.29 is 8.91 Å². The number of hydrogen-bond donors (Lipinski definition) is 1.